The Morgan fingerprint density at radius 1 is 1.00 bits per heavy atom. The molecule has 3 rings (SSSR count). The number of ether oxygens (including phenoxy) is 1. The molecule has 0 aromatic heterocycles. The van der Waals surface area contributed by atoms with Crippen LogP contribution in [0.15, 0.2) is 40.9 Å². The first-order chi connectivity index (χ1) is 10.5. The first-order valence-electron chi connectivity index (χ1n) is 7.12. The molecule has 0 aliphatic carbocycles. The van der Waals surface area contributed by atoms with Crippen molar-refractivity contribution in [1.29, 1.82) is 0 Å². The van der Waals surface area contributed by atoms with E-state index in [1.165, 1.54) is 12.8 Å². The fourth-order valence-electron chi connectivity index (χ4n) is 1.61. The Bertz CT molecular complexity index is 550. The summed E-state index contributed by atoms with van der Waals surface area (Å²) in [7, 11) is 0. The van der Waals surface area contributed by atoms with Crippen molar-refractivity contribution < 1.29 is 21.7 Å². The Morgan fingerprint density at radius 2 is 1.58 bits per heavy atom. The van der Waals surface area contributed by atoms with Crippen molar-refractivity contribution in [2.24, 2.45) is 0 Å². The third-order valence-corrected chi connectivity index (χ3v) is 4.29. The van der Waals surface area contributed by atoms with Gasteiger partial charge < -0.3 is 21.7 Å². The summed E-state index contributed by atoms with van der Waals surface area (Å²) in [6, 6.07) is 14.2. The maximum atomic E-state index is 5.76. The van der Waals surface area contributed by atoms with Gasteiger partial charge in [-0.05, 0) is 43.5 Å². The molecule has 24 heavy (non-hydrogen) atoms. The average Bonchev–Trinajstić information content (AvgIpc) is 3.07. The van der Waals surface area contributed by atoms with Gasteiger partial charge in [0.05, 0.1) is 0 Å². The molecule has 0 bridgehead atoms. The molecular weight excluding hydrogens is 487 g/mol. The van der Waals surface area contributed by atoms with Crippen molar-refractivity contribution in [3.8, 4) is 0 Å². The number of hydrogen-bond acceptors (Lipinski definition) is 1. The van der Waals surface area contributed by atoms with Crippen LogP contribution in [0.25, 0.3) is 0 Å². The summed E-state index contributed by atoms with van der Waals surface area (Å²) in [5, 5.41) is 1.63. The summed E-state index contributed by atoms with van der Waals surface area (Å²) in [4.78, 5) is 0. The Morgan fingerprint density at radius 3 is 1.92 bits per heavy atom. The first-order valence-corrected chi connectivity index (χ1v) is 8.67. The summed E-state index contributed by atoms with van der Waals surface area (Å²) >= 11 is 14.8. The van der Waals surface area contributed by atoms with Crippen LogP contribution in [0.4, 0.5) is 0 Å². The third-order valence-electron chi connectivity index (χ3n) is 2.95. The fraction of sp³-hybridized carbons (Fsp3) is 0.333. The molecule has 1 saturated heterocycles. The molecule has 2 aromatic rings. The third kappa shape index (κ3) is 12.1. The van der Waals surface area contributed by atoms with E-state index in [1.807, 2.05) is 44.2 Å². The number of hydrogen-bond donors (Lipinski definition) is 0. The summed E-state index contributed by atoms with van der Waals surface area (Å²) in [6.45, 7) is 5.94. The minimum atomic E-state index is 0. The van der Waals surface area contributed by atoms with E-state index in [-0.39, 0.29) is 40.0 Å². The van der Waals surface area contributed by atoms with Gasteiger partial charge in [0.1, 0.15) is 0 Å². The predicted molar refractivity (Wildman–Crippen MR) is 105 cm³/mol. The minimum absolute atomic E-state index is 0. The largest absolute Gasteiger partial charge is 2.00 e. The summed E-state index contributed by atoms with van der Waals surface area (Å²) < 4.78 is 6.02. The molecular formula is C18H20Br2Cl2MgO. The summed E-state index contributed by atoms with van der Waals surface area (Å²) in [6.07, 6.45) is 2.56. The molecule has 2 aromatic carbocycles. The maximum Gasteiger partial charge on any atom is 2.00 e. The molecule has 0 N–H and O–H groups in total. The van der Waals surface area contributed by atoms with Crippen molar-refractivity contribution in [3.05, 3.63) is 68.1 Å². The predicted octanol–water partition coefficient (Wildman–Crippen LogP) is 3.28. The van der Waals surface area contributed by atoms with Gasteiger partial charge in [-0.3, -0.25) is 0 Å². The van der Waals surface area contributed by atoms with Gasteiger partial charge in [0.25, 0.3) is 0 Å². The van der Waals surface area contributed by atoms with Crippen LogP contribution in [-0.4, -0.2) is 36.3 Å². The van der Waals surface area contributed by atoms with Crippen LogP contribution in [0.5, 0.6) is 0 Å². The van der Waals surface area contributed by atoms with Crippen LogP contribution in [0.2, 0.25) is 10.0 Å². The van der Waals surface area contributed by atoms with Gasteiger partial charge in [0.15, 0.2) is 0 Å². The van der Waals surface area contributed by atoms with Crippen LogP contribution in [0.3, 0.4) is 0 Å². The molecule has 128 valence electrons. The zero-order chi connectivity index (χ0) is 16.4. The van der Waals surface area contributed by atoms with E-state index in [9.17, 15) is 0 Å². The van der Waals surface area contributed by atoms with Gasteiger partial charge in [-0.1, -0.05) is 39.5 Å². The number of halogens is 4. The Labute approximate surface area is 190 Å². The van der Waals surface area contributed by atoms with E-state index >= 15 is 0 Å². The summed E-state index contributed by atoms with van der Waals surface area (Å²) in [5.41, 5.74) is 2.18. The van der Waals surface area contributed by atoms with Crippen molar-refractivity contribution in [3.63, 3.8) is 0 Å². The Hall–Kier alpha value is 0.706. The van der Waals surface area contributed by atoms with E-state index in [0.717, 1.165) is 38.9 Å². The van der Waals surface area contributed by atoms with Crippen LogP contribution < -0.4 is 17.0 Å². The van der Waals surface area contributed by atoms with Crippen LogP contribution in [0, 0.1) is 19.9 Å². The molecule has 1 nitrogen and oxygen atoms in total. The minimum Gasteiger partial charge on any atom is -1.00 e. The quantitative estimate of drug-likeness (QED) is 0.393. The van der Waals surface area contributed by atoms with Gasteiger partial charge in [0.2, 0.25) is 0 Å². The van der Waals surface area contributed by atoms with Gasteiger partial charge in [-0.25, -0.2) is 0 Å². The van der Waals surface area contributed by atoms with E-state index in [1.54, 1.807) is 6.07 Å². The van der Waals surface area contributed by atoms with E-state index in [2.05, 4.69) is 22.0 Å². The van der Waals surface area contributed by atoms with E-state index in [4.69, 9.17) is 27.9 Å². The van der Waals surface area contributed by atoms with Crippen LogP contribution in [0.1, 0.15) is 24.0 Å². The van der Waals surface area contributed by atoms with Gasteiger partial charge in [-0.15, -0.1) is 17.2 Å². The second-order valence-corrected chi connectivity index (χ2v) is 6.62. The molecule has 1 aliphatic rings. The van der Waals surface area contributed by atoms with Crippen LogP contribution >= 0.6 is 39.1 Å². The topological polar surface area (TPSA) is 9.23 Å². The molecule has 6 heteroatoms. The molecule has 1 aliphatic heterocycles. The SMILES string of the molecule is C1CCOC1.Cc1c[c-]ccc1Cl.Cc1cc(Br)ccc1Cl.[Br-].[Mg+2]. The van der Waals surface area contributed by atoms with E-state index in [0.29, 0.717) is 0 Å². The number of benzene rings is 2. The number of rotatable bonds is 0. The zero-order valence-corrected chi connectivity index (χ0v) is 20.0. The van der Waals surface area contributed by atoms with Crippen LogP contribution in [-0.2, 0) is 4.74 Å². The molecule has 0 unspecified atom stereocenters. The fourth-order valence-corrected chi connectivity index (χ4v) is 2.32. The molecule has 0 spiro atoms. The molecule has 1 fully saturated rings. The molecule has 1 heterocycles. The monoisotopic (exact) mass is 504 g/mol. The zero-order valence-electron chi connectivity index (χ0n) is 13.9. The maximum absolute atomic E-state index is 5.76. The molecule has 0 atom stereocenters. The summed E-state index contributed by atoms with van der Waals surface area (Å²) in [5.74, 6) is 0. The van der Waals surface area contributed by atoms with Crippen molar-refractivity contribution in [1.82, 2.24) is 0 Å². The van der Waals surface area contributed by atoms with Crippen molar-refractivity contribution >= 4 is 62.2 Å². The average molecular weight is 507 g/mol. The van der Waals surface area contributed by atoms with E-state index < -0.39 is 0 Å². The molecule has 0 saturated carbocycles. The van der Waals surface area contributed by atoms with Gasteiger partial charge in [0, 0.05) is 22.7 Å². The van der Waals surface area contributed by atoms with Crippen molar-refractivity contribution in [2.75, 3.05) is 13.2 Å². The Kier molecular flexibility index (Phi) is 17.9. The van der Waals surface area contributed by atoms with Gasteiger partial charge >= 0.3 is 23.1 Å². The normalized spacial score (nSPS) is 11.7. The molecule has 0 radical (unpaired) electrons. The molecule has 0 amide bonds. The second kappa shape index (κ2) is 15.9. The first kappa shape index (κ1) is 26.9. The smallest absolute Gasteiger partial charge is 1.00 e. The Balaban J connectivity index is 0. The van der Waals surface area contributed by atoms with Crippen molar-refractivity contribution in [2.45, 2.75) is 26.7 Å². The standard InChI is InChI=1S/C7H6BrCl.C7H6Cl.C4H8O.BrH.Mg/c1-5-4-6(8)2-3-7(5)9;1-6-4-2-3-5-7(6)8;1-2-4-5-3-1;;/h2-4H,1H3;3-5H,1H3;1-4H2;1H;/q;-1;;;+2/p-1. The second-order valence-electron chi connectivity index (χ2n) is 4.89. The van der Waals surface area contributed by atoms with Gasteiger partial charge in [-0.2, -0.15) is 24.3 Å². The number of aryl methyl sites for hydroxylation is 2.